The van der Waals surface area contributed by atoms with Crippen molar-refractivity contribution in [2.24, 2.45) is 5.92 Å². The summed E-state index contributed by atoms with van der Waals surface area (Å²) >= 11 is 5.95. The fraction of sp³-hybridized carbons (Fsp3) is 0.545. The van der Waals surface area contributed by atoms with Crippen LogP contribution in [-0.2, 0) is 29.0 Å². The van der Waals surface area contributed by atoms with Gasteiger partial charge in [-0.15, -0.1) is 0 Å². The molecule has 0 unspecified atom stereocenters. The zero-order valence-electron chi connectivity index (χ0n) is 16.7. The Bertz CT molecular complexity index is 879. The van der Waals surface area contributed by atoms with Crippen molar-refractivity contribution in [2.75, 3.05) is 19.7 Å². The molecule has 2 aliphatic rings. The number of benzene rings is 1. The third-order valence-electron chi connectivity index (χ3n) is 6.14. The van der Waals surface area contributed by atoms with Gasteiger partial charge >= 0.3 is 5.97 Å². The van der Waals surface area contributed by atoms with Gasteiger partial charge in [-0.2, -0.15) is 0 Å². The maximum atomic E-state index is 12.0. The number of carbonyl (C=O) groups excluding carboxylic acids is 1. The fourth-order valence-corrected chi connectivity index (χ4v) is 5.06. The molecule has 0 saturated carbocycles. The molecule has 1 aliphatic carbocycles. The van der Waals surface area contributed by atoms with Gasteiger partial charge in [0.1, 0.15) is 0 Å². The quantitative estimate of drug-likeness (QED) is 0.620. The molecule has 6 heteroatoms. The summed E-state index contributed by atoms with van der Waals surface area (Å²) in [6, 6.07) is 10.5. The van der Waals surface area contributed by atoms with Gasteiger partial charge < -0.3 is 9.64 Å². The summed E-state index contributed by atoms with van der Waals surface area (Å²) in [4.78, 5) is 13.5. The van der Waals surface area contributed by atoms with Crippen molar-refractivity contribution in [3.8, 4) is 5.69 Å². The van der Waals surface area contributed by atoms with E-state index in [0.29, 0.717) is 6.61 Å². The van der Waals surface area contributed by atoms with Gasteiger partial charge in [0.05, 0.1) is 25.6 Å². The molecule has 1 N–H and O–H groups in total. The molecule has 0 atom stereocenters. The Morgan fingerprint density at radius 2 is 1.82 bits per heavy atom. The van der Waals surface area contributed by atoms with E-state index in [0.717, 1.165) is 50.2 Å². The Labute approximate surface area is 171 Å². The summed E-state index contributed by atoms with van der Waals surface area (Å²) in [6.07, 6.45) is 6.49. The number of aromatic nitrogens is 2. The predicted octanol–water partition coefficient (Wildman–Crippen LogP) is 2.70. The molecule has 0 radical (unpaired) electrons. The minimum Gasteiger partial charge on any atom is -0.466 e. The first-order chi connectivity index (χ1) is 13.7. The Morgan fingerprint density at radius 3 is 2.50 bits per heavy atom. The van der Waals surface area contributed by atoms with Gasteiger partial charge in [0, 0.05) is 29.9 Å². The molecule has 2 heterocycles. The second-order valence-electron chi connectivity index (χ2n) is 7.92. The zero-order chi connectivity index (χ0) is 19.5. The van der Waals surface area contributed by atoms with Gasteiger partial charge in [0.15, 0.2) is 11.4 Å². The first-order valence-corrected chi connectivity index (χ1v) is 11.0. The molecule has 0 spiro atoms. The van der Waals surface area contributed by atoms with E-state index < -0.39 is 0 Å². The normalized spacial score (nSPS) is 21.9. The lowest BCUT2D eigenvalue weighted by atomic mass is 9.97. The lowest BCUT2D eigenvalue weighted by molar-refractivity contribution is -0.928. The van der Waals surface area contributed by atoms with Crippen LogP contribution < -0.4 is 4.90 Å². The topological polar surface area (TPSA) is 40.6 Å². The van der Waals surface area contributed by atoms with E-state index in [2.05, 4.69) is 33.4 Å². The van der Waals surface area contributed by atoms with Crippen molar-refractivity contribution in [1.82, 2.24) is 9.13 Å². The van der Waals surface area contributed by atoms with Crippen LogP contribution in [0.5, 0.6) is 0 Å². The smallest absolute Gasteiger partial charge is 0.309 e. The van der Waals surface area contributed by atoms with E-state index in [1.54, 1.807) is 0 Å². The minimum absolute atomic E-state index is 0.0224. The first kappa shape index (κ1) is 19.4. The van der Waals surface area contributed by atoms with Gasteiger partial charge in [-0.1, -0.05) is 18.2 Å². The van der Waals surface area contributed by atoms with E-state index >= 15 is 0 Å². The van der Waals surface area contributed by atoms with Crippen LogP contribution in [-0.4, -0.2) is 34.8 Å². The number of imidazole rings is 1. The molecular weight excluding hydrogens is 370 g/mol. The number of nitrogens with one attached hydrogen (secondary N) is 1. The van der Waals surface area contributed by atoms with Crippen molar-refractivity contribution >= 4 is 18.2 Å². The Kier molecular flexibility index (Phi) is 5.97. The highest BCUT2D eigenvalue weighted by Gasteiger charge is 2.30. The number of fused-ring (bicyclic) bond motifs is 1. The molecule has 0 amide bonds. The molecule has 2 aromatic rings. The maximum Gasteiger partial charge on any atom is 0.309 e. The average molecular weight is 401 g/mol. The minimum atomic E-state index is -0.0224. The first-order valence-electron chi connectivity index (χ1n) is 10.6. The van der Waals surface area contributed by atoms with Crippen molar-refractivity contribution < 1.29 is 14.4 Å². The summed E-state index contributed by atoms with van der Waals surface area (Å²) in [5.41, 5.74) is 3.98. The molecular formula is C22H30N3O2S+. The van der Waals surface area contributed by atoms with E-state index in [1.165, 1.54) is 34.8 Å². The molecule has 5 nitrogen and oxygen atoms in total. The van der Waals surface area contributed by atoms with Crippen molar-refractivity contribution in [2.45, 2.75) is 52.1 Å². The second-order valence-corrected chi connectivity index (χ2v) is 8.28. The number of hydrogen-bond donors (Lipinski definition) is 1. The van der Waals surface area contributed by atoms with Crippen LogP contribution in [0.1, 0.15) is 44.0 Å². The number of piperidine rings is 1. The van der Waals surface area contributed by atoms with E-state index in [-0.39, 0.29) is 11.9 Å². The summed E-state index contributed by atoms with van der Waals surface area (Å²) in [5.74, 6) is 0.0466. The number of nitrogens with zero attached hydrogens (tertiary/aromatic N) is 2. The number of likely N-dealkylation sites (tertiary alicyclic amines) is 1. The van der Waals surface area contributed by atoms with Crippen LogP contribution in [0.4, 0.5) is 0 Å². The lowest BCUT2D eigenvalue weighted by Crippen LogP contribution is -3.12. The molecule has 4 rings (SSSR count). The Morgan fingerprint density at radius 1 is 1.14 bits per heavy atom. The maximum absolute atomic E-state index is 12.0. The van der Waals surface area contributed by atoms with Gasteiger partial charge in [-0.3, -0.25) is 13.9 Å². The van der Waals surface area contributed by atoms with Crippen LogP contribution in [0.3, 0.4) is 0 Å². The van der Waals surface area contributed by atoms with Crippen LogP contribution in [0, 0.1) is 10.7 Å². The predicted molar refractivity (Wildman–Crippen MR) is 111 cm³/mol. The van der Waals surface area contributed by atoms with E-state index in [1.807, 2.05) is 13.0 Å². The average Bonchev–Trinajstić information content (AvgIpc) is 3.01. The van der Waals surface area contributed by atoms with Crippen molar-refractivity contribution in [3.05, 3.63) is 46.5 Å². The Balaban J connectivity index is 1.55. The van der Waals surface area contributed by atoms with Gasteiger partial charge in [-0.25, -0.2) is 0 Å². The Hall–Kier alpha value is -1.92. The lowest BCUT2D eigenvalue weighted by Gasteiger charge is -2.29. The monoisotopic (exact) mass is 400 g/mol. The standard InChI is InChI=1S/C22H29N3O2S/c1-2-27-21(26)17-12-14-23(15-13-17)16-24-19-10-6-7-11-20(19)25(22(24)28)18-8-4-3-5-9-18/h3-5,8-9,17H,2,6-7,10-16H2,1H3/p+1. The van der Waals surface area contributed by atoms with Crippen molar-refractivity contribution in [3.63, 3.8) is 0 Å². The van der Waals surface area contributed by atoms with Crippen LogP contribution in [0.15, 0.2) is 30.3 Å². The van der Waals surface area contributed by atoms with Gasteiger partial charge in [-0.05, 0) is 57.0 Å². The van der Waals surface area contributed by atoms with Gasteiger partial charge in [0.2, 0.25) is 0 Å². The number of esters is 1. The van der Waals surface area contributed by atoms with E-state index in [9.17, 15) is 4.79 Å². The fourth-order valence-electron chi connectivity index (χ4n) is 4.67. The largest absolute Gasteiger partial charge is 0.466 e. The highest BCUT2D eigenvalue weighted by molar-refractivity contribution is 7.71. The van der Waals surface area contributed by atoms with Crippen LogP contribution in [0.25, 0.3) is 5.69 Å². The number of rotatable bonds is 5. The molecule has 0 bridgehead atoms. The summed E-state index contributed by atoms with van der Waals surface area (Å²) < 4.78 is 10.8. The third-order valence-corrected chi connectivity index (χ3v) is 6.54. The number of carbonyl (C=O) groups is 1. The highest BCUT2D eigenvalue weighted by Crippen LogP contribution is 2.26. The van der Waals surface area contributed by atoms with Crippen LogP contribution in [0.2, 0.25) is 0 Å². The molecule has 1 aromatic heterocycles. The number of hydrogen-bond acceptors (Lipinski definition) is 3. The molecule has 1 aromatic carbocycles. The van der Waals surface area contributed by atoms with Crippen molar-refractivity contribution in [1.29, 1.82) is 0 Å². The third kappa shape index (κ3) is 3.80. The van der Waals surface area contributed by atoms with E-state index in [4.69, 9.17) is 17.0 Å². The summed E-state index contributed by atoms with van der Waals surface area (Å²) in [7, 11) is 0. The molecule has 1 aliphatic heterocycles. The van der Waals surface area contributed by atoms with Gasteiger partial charge in [0.25, 0.3) is 0 Å². The molecule has 150 valence electrons. The number of quaternary nitrogens is 1. The zero-order valence-corrected chi connectivity index (χ0v) is 17.5. The molecule has 1 saturated heterocycles. The van der Waals surface area contributed by atoms with Crippen LogP contribution >= 0.6 is 12.2 Å². The molecule has 1 fully saturated rings. The second kappa shape index (κ2) is 8.62. The summed E-state index contributed by atoms with van der Waals surface area (Å²) in [5, 5.41) is 0. The number of para-hydroxylation sites is 1. The SMILES string of the molecule is CCOC(=O)C1CC[NH+](Cn2c3c(n(-c4ccccc4)c2=S)CCCC3)CC1. The molecule has 28 heavy (non-hydrogen) atoms. The number of ether oxygens (including phenoxy) is 1. The summed E-state index contributed by atoms with van der Waals surface area (Å²) in [6.45, 7) is 5.24. The highest BCUT2D eigenvalue weighted by atomic mass is 32.1.